The van der Waals surface area contributed by atoms with Gasteiger partial charge in [0.15, 0.2) is 23.0 Å². The maximum absolute atomic E-state index is 8.77. The van der Waals surface area contributed by atoms with Gasteiger partial charge in [0, 0.05) is 12.4 Å². The minimum Gasteiger partial charge on any atom is -0.493 e. The minimum atomic E-state index is -0.216. The summed E-state index contributed by atoms with van der Waals surface area (Å²) in [5, 5.41) is 11.7. The van der Waals surface area contributed by atoms with Crippen molar-refractivity contribution in [1.29, 1.82) is 0 Å². The SMILES string of the molecule is COc1cccc(OC)c1Oc1nccnc1C(N)=NO. The number of nitrogens with zero attached hydrogens (tertiary/aromatic N) is 3. The first kappa shape index (κ1) is 14.4. The molecule has 1 heterocycles. The van der Waals surface area contributed by atoms with Crippen molar-refractivity contribution in [2.24, 2.45) is 10.9 Å². The maximum Gasteiger partial charge on any atom is 0.249 e. The van der Waals surface area contributed by atoms with Gasteiger partial charge in [-0.25, -0.2) is 9.97 Å². The van der Waals surface area contributed by atoms with Crippen LogP contribution in [0.4, 0.5) is 0 Å². The van der Waals surface area contributed by atoms with E-state index in [0.29, 0.717) is 17.2 Å². The van der Waals surface area contributed by atoms with Crippen LogP contribution in [0, 0.1) is 0 Å². The lowest BCUT2D eigenvalue weighted by Crippen LogP contribution is -2.16. The number of aromatic nitrogens is 2. The van der Waals surface area contributed by atoms with Crippen LogP contribution in [0.1, 0.15) is 5.69 Å². The smallest absolute Gasteiger partial charge is 0.249 e. The quantitative estimate of drug-likeness (QED) is 0.370. The van der Waals surface area contributed by atoms with Crippen molar-refractivity contribution in [3.05, 3.63) is 36.3 Å². The molecular formula is C13H14N4O4. The second kappa shape index (κ2) is 6.42. The van der Waals surface area contributed by atoms with Crippen molar-refractivity contribution in [1.82, 2.24) is 9.97 Å². The Hall–Kier alpha value is -3.03. The van der Waals surface area contributed by atoms with Crippen LogP contribution in [0.15, 0.2) is 35.7 Å². The van der Waals surface area contributed by atoms with Crippen LogP contribution in [0.2, 0.25) is 0 Å². The molecule has 110 valence electrons. The van der Waals surface area contributed by atoms with Crippen LogP contribution in [0.5, 0.6) is 23.1 Å². The molecular weight excluding hydrogens is 276 g/mol. The number of nitrogens with two attached hydrogens (primary N) is 1. The van der Waals surface area contributed by atoms with Gasteiger partial charge in [-0.1, -0.05) is 11.2 Å². The summed E-state index contributed by atoms with van der Waals surface area (Å²) in [5.74, 6) is 1.06. The minimum absolute atomic E-state index is 0.0654. The predicted molar refractivity (Wildman–Crippen MR) is 74.2 cm³/mol. The van der Waals surface area contributed by atoms with Crippen molar-refractivity contribution in [3.8, 4) is 23.1 Å². The molecule has 2 aromatic rings. The van der Waals surface area contributed by atoms with Crippen LogP contribution in [-0.4, -0.2) is 35.2 Å². The standard InChI is InChI=1S/C13H14N4O4/c1-19-8-4-3-5-9(20-2)11(8)21-13-10(12(14)17-18)15-6-7-16-13/h3-7,18H,1-2H3,(H2,14,17). The Morgan fingerprint density at radius 2 is 1.76 bits per heavy atom. The van der Waals surface area contributed by atoms with Crippen molar-refractivity contribution >= 4 is 5.84 Å². The summed E-state index contributed by atoms with van der Waals surface area (Å²) in [6.07, 6.45) is 2.82. The molecule has 0 aliphatic carbocycles. The summed E-state index contributed by atoms with van der Waals surface area (Å²) in [7, 11) is 3.01. The van der Waals surface area contributed by atoms with E-state index in [1.165, 1.54) is 26.6 Å². The number of rotatable bonds is 5. The highest BCUT2D eigenvalue weighted by Crippen LogP contribution is 2.39. The lowest BCUT2D eigenvalue weighted by atomic mass is 10.3. The molecule has 8 nitrogen and oxygen atoms in total. The average Bonchev–Trinajstić information content (AvgIpc) is 2.54. The van der Waals surface area contributed by atoms with E-state index in [2.05, 4.69) is 15.1 Å². The van der Waals surface area contributed by atoms with Gasteiger partial charge >= 0.3 is 0 Å². The first-order valence-electron chi connectivity index (χ1n) is 5.89. The van der Waals surface area contributed by atoms with Gasteiger partial charge in [-0.2, -0.15) is 0 Å². The molecule has 21 heavy (non-hydrogen) atoms. The molecule has 0 spiro atoms. The third-order valence-corrected chi connectivity index (χ3v) is 2.60. The van der Waals surface area contributed by atoms with Gasteiger partial charge in [0.25, 0.3) is 0 Å². The molecule has 0 amide bonds. The Morgan fingerprint density at radius 1 is 1.14 bits per heavy atom. The molecule has 8 heteroatoms. The van der Waals surface area contributed by atoms with Crippen molar-refractivity contribution in [3.63, 3.8) is 0 Å². The fourth-order valence-corrected chi connectivity index (χ4v) is 1.64. The van der Waals surface area contributed by atoms with Gasteiger partial charge in [0.05, 0.1) is 14.2 Å². The predicted octanol–water partition coefficient (Wildman–Crippen LogP) is 1.38. The van der Waals surface area contributed by atoms with E-state index in [9.17, 15) is 0 Å². The Balaban J connectivity index is 2.48. The summed E-state index contributed by atoms with van der Waals surface area (Å²) in [6, 6.07) is 5.17. The van der Waals surface area contributed by atoms with E-state index in [4.69, 9.17) is 25.2 Å². The molecule has 0 atom stereocenters. The normalized spacial score (nSPS) is 11.0. The fraction of sp³-hybridized carbons (Fsp3) is 0.154. The Bertz CT molecular complexity index is 638. The lowest BCUT2D eigenvalue weighted by Gasteiger charge is -2.14. The zero-order valence-electron chi connectivity index (χ0n) is 11.5. The third kappa shape index (κ3) is 2.94. The van der Waals surface area contributed by atoms with Crippen LogP contribution >= 0.6 is 0 Å². The van der Waals surface area contributed by atoms with Gasteiger partial charge in [0.2, 0.25) is 11.6 Å². The van der Waals surface area contributed by atoms with Gasteiger partial charge in [-0.3, -0.25) is 0 Å². The van der Waals surface area contributed by atoms with E-state index in [-0.39, 0.29) is 17.4 Å². The summed E-state index contributed by atoms with van der Waals surface area (Å²) >= 11 is 0. The van der Waals surface area contributed by atoms with Crippen LogP contribution < -0.4 is 19.9 Å². The van der Waals surface area contributed by atoms with Crippen LogP contribution in [-0.2, 0) is 0 Å². The van der Waals surface area contributed by atoms with Gasteiger partial charge in [0.1, 0.15) is 0 Å². The van der Waals surface area contributed by atoms with E-state index >= 15 is 0 Å². The molecule has 0 fully saturated rings. The maximum atomic E-state index is 8.77. The number of hydrogen-bond acceptors (Lipinski definition) is 7. The number of methoxy groups -OCH3 is 2. The van der Waals surface area contributed by atoms with E-state index in [1.807, 2.05) is 0 Å². The summed E-state index contributed by atoms with van der Waals surface area (Å²) < 4.78 is 16.1. The van der Waals surface area contributed by atoms with Crippen molar-refractivity contribution < 1.29 is 19.4 Å². The number of ether oxygens (including phenoxy) is 3. The monoisotopic (exact) mass is 290 g/mol. The fourth-order valence-electron chi connectivity index (χ4n) is 1.64. The van der Waals surface area contributed by atoms with Gasteiger partial charge in [-0.05, 0) is 12.1 Å². The molecule has 1 aromatic heterocycles. The second-order valence-corrected chi connectivity index (χ2v) is 3.79. The summed E-state index contributed by atoms with van der Waals surface area (Å²) in [5.41, 5.74) is 5.65. The number of hydrogen-bond donors (Lipinski definition) is 2. The molecule has 0 saturated heterocycles. The molecule has 0 aliphatic rings. The third-order valence-electron chi connectivity index (χ3n) is 2.60. The molecule has 3 N–H and O–H groups in total. The first-order chi connectivity index (χ1) is 10.2. The van der Waals surface area contributed by atoms with Crippen LogP contribution in [0.25, 0.3) is 0 Å². The zero-order chi connectivity index (χ0) is 15.2. The van der Waals surface area contributed by atoms with Crippen molar-refractivity contribution in [2.45, 2.75) is 0 Å². The molecule has 1 aromatic carbocycles. The number of para-hydroxylation sites is 1. The molecule has 0 unspecified atom stereocenters. The molecule has 0 radical (unpaired) electrons. The first-order valence-corrected chi connectivity index (χ1v) is 5.89. The number of benzene rings is 1. The average molecular weight is 290 g/mol. The number of amidine groups is 1. The molecule has 0 aliphatic heterocycles. The van der Waals surface area contributed by atoms with Crippen molar-refractivity contribution in [2.75, 3.05) is 14.2 Å². The van der Waals surface area contributed by atoms with E-state index in [1.54, 1.807) is 18.2 Å². The topological polar surface area (TPSA) is 112 Å². The summed E-state index contributed by atoms with van der Waals surface area (Å²) in [6.45, 7) is 0. The highest BCUT2D eigenvalue weighted by Gasteiger charge is 2.17. The molecule has 2 rings (SSSR count). The van der Waals surface area contributed by atoms with Crippen LogP contribution in [0.3, 0.4) is 0 Å². The van der Waals surface area contributed by atoms with E-state index in [0.717, 1.165) is 0 Å². The second-order valence-electron chi connectivity index (χ2n) is 3.79. The van der Waals surface area contributed by atoms with E-state index < -0.39 is 0 Å². The number of oxime groups is 1. The van der Waals surface area contributed by atoms with Gasteiger partial charge < -0.3 is 25.2 Å². The molecule has 0 bridgehead atoms. The molecule has 0 saturated carbocycles. The Morgan fingerprint density at radius 3 is 2.33 bits per heavy atom. The highest BCUT2D eigenvalue weighted by atomic mass is 16.5. The largest absolute Gasteiger partial charge is 0.493 e. The zero-order valence-corrected chi connectivity index (χ0v) is 11.5. The van der Waals surface area contributed by atoms with Gasteiger partial charge in [-0.15, -0.1) is 0 Å². The Kier molecular flexibility index (Phi) is 4.39. The highest BCUT2D eigenvalue weighted by molar-refractivity contribution is 5.97. The summed E-state index contributed by atoms with van der Waals surface area (Å²) in [4.78, 5) is 8.00. The Labute approximate surface area is 120 Å². The lowest BCUT2D eigenvalue weighted by molar-refractivity contribution is 0.317.